The van der Waals surface area contributed by atoms with Crippen molar-refractivity contribution in [3.63, 3.8) is 0 Å². The summed E-state index contributed by atoms with van der Waals surface area (Å²) >= 11 is 12.3. The number of hydrogen-bond donors (Lipinski definition) is 1. The van der Waals surface area contributed by atoms with Gasteiger partial charge in [0.15, 0.2) is 11.5 Å². The van der Waals surface area contributed by atoms with Crippen LogP contribution in [0.4, 0.5) is 0 Å². The predicted octanol–water partition coefficient (Wildman–Crippen LogP) is 5.95. The molecule has 2 amide bonds. The van der Waals surface area contributed by atoms with Gasteiger partial charge in [-0.1, -0.05) is 61.5 Å². The lowest BCUT2D eigenvalue weighted by Gasteiger charge is -2.33. The van der Waals surface area contributed by atoms with E-state index < -0.39 is 6.04 Å². The first-order valence-corrected chi connectivity index (χ1v) is 13.6. The van der Waals surface area contributed by atoms with Crippen LogP contribution in [0.2, 0.25) is 10.0 Å². The molecule has 0 spiro atoms. The Kier molecular flexibility index (Phi) is 9.38. The lowest BCUT2D eigenvalue weighted by molar-refractivity contribution is -0.141. The summed E-state index contributed by atoms with van der Waals surface area (Å²) in [5.74, 6) is 1.26. The topological polar surface area (TPSA) is 67.9 Å². The Hall–Kier alpha value is -2.44. The third kappa shape index (κ3) is 6.86. The molecule has 8 heteroatoms. The molecule has 6 nitrogen and oxygen atoms in total. The van der Waals surface area contributed by atoms with Crippen LogP contribution in [0.3, 0.4) is 0 Å². The Morgan fingerprint density at radius 2 is 1.69 bits per heavy atom. The number of nitrogens with zero attached hydrogens (tertiary/aromatic N) is 1. The molecule has 0 radical (unpaired) electrons. The Morgan fingerprint density at radius 3 is 2.42 bits per heavy atom. The number of benzene rings is 2. The predicted molar refractivity (Wildman–Crippen MR) is 142 cm³/mol. The standard InChI is InChI=1S/C28H34Cl2N2O4/c1-2-24(28(34)31-21-6-4-3-5-7-21)32(18-20-8-11-22(29)23(30)16-20)27(33)13-10-19-9-12-25-26(17-19)36-15-14-35-25/h8-9,11-12,16-17,21,24H,2-7,10,13-15,18H2,1H3,(H,31,34)/t24-/m0/s1. The first-order chi connectivity index (χ1) is 17.4. The van der Waals surface area contributed by atoms with Gasteiger partial charge in [-0.15, -0.1) is 0 Å². The van der Waals surface area contributed by atoms with Gasteiger partial charge in [0.2, 0.25) is 11.8 Å². The normalized spacial score (nSPS) is 16.3. The first-order valence-electron chi connectivity index (χ1n) is 12.9. The van der Waals surface area contributed by atoms with Crippen molar-refractivity contribution < 1.29 is 19.1 Å². The van der Waals surface area contributed by atoms with E-state index >= 15 is 0 Å². The number of fused-ring (bicyclic) bond motifs is 1. The molecule has 0 aromatic heterocycles. The maximum Gasteiger partial charge on any atom is 0.243 e. The molecule has 2 aromatic carbocycles. The van der Waals surface area contributed by atoms with Crippen LogP contribution in [0.1, 0.15) is 63.0 Å². The van der Waals surface area contributed by atoms with Gasteiger partial charge in [-0.25, -0.2) is 0 Å². The highest BCUT2D eigenvalue weighted by Gasteiger charge is 2.30. The van der Waals surface area contributed by atoms with Crippen molar-refractivity contribution in [2.45, 2.75) is 76.9 Å². The van der Waals surface area contributed by atoms with Gasteiger partial charge >= 0.3 is 0 Å². The van der Waals surface area contributed by atoms with Gasteiger partial charge in [-0.2, -0.15) is 0 Å². The number of hydrogen-bond acceptors (Lipinski definition) is 4. The Morgan fingerprint density at radius 1 is 0.972 bits per heavy atom. The molecule has 1 atom stereocenters. The number of rotatable bonds is 9. The van der Waals surface area contributed by atoms with Gasteiger partial charge < -0.3 is 19.7 Å². The highest BCUT2D eigenvalue weighted by atomic mass is 35.5. The van der Waals surface area contributed by atoms with E-state index in [-0.39, 0.29) is 30.8 Å². The number of nitrogens with one attached hydrogen (secondary N) is 1. The fourth-order valence-electron chi connectivity index (χ4n) is 4.94. The molecule has 1 heterocycles. The van der Waals surface area contributed by atoms with Gasteiger partial charge in [0.05, 0.1) is 10.0 Å². The molecule has 36 heavy (non-hydrogen) atoms. The van der Waals surface area contributed by atoms with Crippen LogP contribution in [-0.4, -0.2) is 42.0 Å². The van der Waals surface area contributed by atoms with Crippen molar-refractivity contribution in [3.05, 3.63) is 57.6 Å². The number of aryl methyl sites for hydroxylation is 1. The fourth-order valence-corrected chi connectivity index (χ4v) is 5.26. The van der Waals surface area contributed by atoms with E-state index in [0.29, 0.717) is 41.9 Å². The van der Waals surface area contributed by atoms with Gasteiger partial charge in [-0.3, -0.25) is 9.59 Å². The van der Waals surface area contributed by atoms with Crippen LogP contribution in [0.25, 0.3) is 0 Å². The SMILES string of the molecule is CC[C@@H](C(=O)NC1CCCCC1)N(Cc1ccc(Cl)c(Cl)c1)C(=O)CCc1ccc2c(c1)OCCO2. The van der Waals surface area contributed by atoms with E-state index in [1.54, 1.807) is 17.0 Å². The van der Waals surface area contributed by atoms with Crippen LogP contribution in [-0.2, 0) is 22.6 Å². The van der Waals surface area contributed by atoms with E-state index in [9.17, 15) is 9.59 Å². The van der Waals surface area contributed by atoms with E-state index in [4.69, 9.17) is 32.7 Å². The monoisotopic (exact) mass is 532 g/mol. The molecule has 0 saturated heterocycles. The molecule has 0 unspecified atom stereocenters. The molecule has 1 aliphatic heterocycles. The largest absolute Gasteiger partial charge is 0.486 e. The molecule has 2 aromatic rings. The number of halogens is 2. The van der Waals surface area contributed by atoms with Gasteiger partial charge in [0.25, 0.3) is 0 Å². The third-order valence-corrected chi connectivity index (χ3v) is 7.65. The van der Waals surface area contributed by atoms with Crippen LogP contribution in [0, 0.1) is 0 Å². The third-order valence-electron chi connectivity index (χ3n) is 6.91. The maximum absolute atomic E-state index is 13.6. The zero-order valence-electron chi connectivity index (χ0n) is 20.7. The quantitative estimate of drug-likeness (QED) is 0.433. The van der Waals surface area contributed by atoms with Crippen molar-refractivity contribution in [1.82, 2.24) is 10.2 Å². The summed E-state index contributed by atoms with van der Waals surface area (Å²) in [7, 11) is 0. The number of carbonyl (C=O) groups is 2. The van der Waals surface area contributed by atoms with Crippen LogP contribution < -0.4 is 14.8 Å². The van der Waals surface area contributed by atoms with E-state index in [1.807, 2.05) is 31.2 Å². The summed E-state index contributed by atoms with van der Waals surface area (Å²) in [5, 5.41) is 4.09. The highest BCUT2D eigenvalue weighted by Crippen LogP contribution is 2.31. The summed E-state index contributed by atoms with van der Waals surface area (Å²) in [5.41, 5.74) is 1.82. The summed E-state index contributed by atoms with van der Waals surface area (Å²) in [6.45, 7) is 3.28. The second-order valence-corrected chi connectivity index (χ2v) is 10.3. The smallest absolute Gasteiger partial charge is 0.243 e. The van der Waals surface area contributed by atoms with E-state index in [2.05, 4.69) is 5.32 Å². The second-order valence-electron chi connectivity index (χ2n) is 9.52. The second kappa shape index (κ2) is 12.7. The molecule has 1 saturated carbocycles. The molecule has 1 aliphatic carbocycles. The van der Waals surface area contributed by atoms with Crippen LogP contribution in [0.15, 0.2) is 36.4 Å². The molecule has 2 aliphatic rings. The summed E-state index contributed by atoms with van der Waals surface area (Å²) < 4.78 is 11.3. The van der Waals surface area contributed by atoms with Crippen molar-refractivity contribution in [3.8, 4) is 11.5 Å². The van der Waals surface area contributed by atoms with E-state index in [1.165, 1.54) is 6.42 Å². The minimum Gasteiger partial charge on any atom is -0.486 e. The lowest BCUT2D eigenvalue weighted by Crippen LogP contribution is -2.51. The Labute approximate surface area is 223 Å². The highest BCUT2D eigenvalue weighted by molar-refractivity contribution is 6.42. The summed E-state index contributed by atoms with van der Waals surface area (Å²) in [6, 6.07) is 10.7. The van der Waals surface area contributed by atoms with E-state index in [0.717, 1.165) is 42.6 Å². The molecule has 0 bridgehead atoms. The van der Waals surface area contributed by atoms with Crippen LogP contribution in [0.5, 0.6) is 11.5 Å². The molecular weight excluding hydrogens is 499 g/mol. The van der Waals surface area contributed by atoms with Gasteiger partial charge in [0, 0.05) is 19.0 Å². The van der Waals surface area contributed by atoms with Crippen molar-refractivity contribution >= 4 is 35.0 Å². The van der Waals surface area contributed by atoms with Crippen molar-refractivity contribution in [1.29, 1.82) is 0 Å². The Balaban J connectivity index is 1.49. The average molecular weight is 533 g/mol. The summed E-state index contributed by atoms with van der Waals surface area (Å²) in [6.07, 6.45) is 6.79. The minimum absolute atomic E-state index is 0.0818. The molecule has 1 N–H and O–H groups in total. The number of ether oxygens (including phenoxy) is 2. The number of amides is 2. The summed E-state index contributed by atoms with van der Waals surface area (Å²) in [4.78, 5) is 28.6. The Bertz CT molecular complexity index is 1070. The molecule has 194 valence electrons. The molecular formula is C28H34Cl2N2O4. The maximum atomic E-state index is 13.6. The fraction of sp³-hybridized carbons (Fsp3) is 0.500. The van der Waals surface area contributed by atoms with Gasteiger partial charge in [-0.05, 0) is 61.1 Å². The molecule has 1 fully saturated rings. The van der Waals surface area contributed by atoms with Crippen molar-refractivity contribution in [2.24, 2.45) is 0 Å². The van der Waals surface area contributed by atoms with Crippen molar-refractivity contribution in [2.75, 3.05) is 13.2 Å². The van der Waals surface area contributed by atoms with Gasteiger partial charge in [0.1, 0.15) is 19.3 Å². The first kappa shape index (κ1) is 26.6. The number of carbonyl (C=O) groups excluding carboxylic acids is 2. The molecule has 4 rings (SSSR count). The van der Waals surface area contributed by atoms with Crippen LogP contribution >= 0.6 is 23.2 Å². The zero-order chi connectivity index (χ0) is 25.5. The minimum atomic E-state index is -0.561. The average Bonchev–Trinajstić information content (AvgIpc) is 2.89. The zero-order valence-corrected chi connectivity index (χ0v) is 22.2. The lowest BCUT2D eigenvalue weighted by atomic mass is 9.95.